The fourth-order valence-electron chi connectivity index (χ4n) is 1.22. The Morgan fingerprint density at radius 3 is 2.27 bits per heavy atom. The number of ketones is 1. The predicted octanol–water partition coefficient (Wildman–Crippen LogP) is 1.11. The lowest BCUT2D eigenvalue weighted by Crippen LogP contribution is -2.48. The number of hydrogen-bond donors (Lipinski definition) is 1. The quantitative estimate of drug-likeness (QED) is 0.458. The number of carbonyl (C=O) groups excluding carboxylic acids is 2. The van der Waals surface area contributed by atoms with Crippen molar-refractivity contribution in [2.45, 2.75) is 19.6 Å². The molecule has 0 radical (unpaired) electrons. The van der Waals surface area contributed by atoms with Crippen LogP contribution in [0.15, 0.2) is 30.3 Å². The zero-order valence-corrected chi connectivity index (χ0v) is 8.69. The van der Waals surface area contributed by atoms with Crippen molar-refractivity contribution in [3.05, 3.63) is 35.9 Å². The Hall–Kier alpha value is -1.68. The Morgan fingerprint density at radius 2 is 1.80 bits per heavy atom. The summed E-state index contributed by atoms with van der Waals surface area (Å²) < 4.78 is 4.74. The van der Waals surface area contributed by atoms with Crippen LogP contribution in [0.5, 0.6) is 0 Å². The molecule has 4 heteroatoms. The standard InChI is InChI=1S/C11H13NO3/c1-8(13)15-11(2,12)10(14)9-6-4-3-5-7-9/h3-7H,12H2,1-2H3. The Labute approximate surface area is 88.0 Å². The molecule has 2 N–H and O–H groups in total. The highest BCUT2D eigenvalue weighted by molar-refractivity contribution is 6.02. The van der Waals surface area contributed by atoms with Gasteiger partial charge in [0.2, 0.25) is 11.5 Å². The number of rotatable bonds is 3. The minimum absolute atomic E-state index is 0.418. The summed E-state index contributed by atoms with van der Waals surface area (Å²) in [6.45, 7) is 2.58. The van der Waals surface area contributed by atoms with E-state index in [1.165, 1.54) is 13.8 Å². The van der Waals surface area contributed by atoms with E-state index in [0.29, 0.717) is 5.56 Å². The maximum atomic E-state index is 11.8. The van der Waals surface area contributed by atoms with Crippen LogP contribution in [0, 0.1) is 0 Å². The maximum Gasteiger partial charge on any atom is 0.304 e. The van der Waals surface area contributed by atoms with Crippen molar-refractivity contribution < 1.29 is 14.3 Å². The van der Waals surface area contributed by atoms with Gasteiger partial charge in [0.15, 0.2) is 0 Å². The number of hydrogen-bond acceptors (Lipinski definition) is 4. The number of ether oxygens (including phenoxy) is 1. The SMILES string of the molecule is CC(=O)OC(C)(N)C(=O)c1ccccc1. The average Bonchev–Trinajstić information content (AvgIpc) is 2.16. The van der Waals surface area contributed by atoms with E-state index in [-0.39, 0.29) is 0 Å². The molecule has 0 aliphatic carbocycles. The molecule has 1 aromatic carbocycles. The summed E-state index contributed by atoms with van der Waals surface area (Å²) in [5.41, 5.74) is 4.42. The van der Waals surface area contributed by atoms with Crippen LogP contribution in [0.1, 0.15) is 24.2 Å². The van der Waals surface area contributed by atoms with Crippen LogP contribution >= 0.6 is 0 Å². The van der Waals surface area contributed by atoms with Crippen LogP contribution in [0.2, 0.25) is 0 Å². The second-order valence-corrected chi connectivity index (χ2v) is 3.40. The van der Waals surface area contributed by atoms with Gasteiger partial charge in [-0.1, -0.05) is 30.3 Å². The molecule has 0 saturated carbocycles. The Kier molecular flexibility index (Phi) is 3.21. The highest BCUT2D eigenvalue weighted by atomic mass is 16.6. The molecule has 0 amide bonds. The van der Waals surface area contributed by atoms with E-state index in [1.54, 1.807) is 30.3 Å². The van der Waals surface area contributed by atoms with Gasteiger partial charge in [-0.3, -0.25) is 15.3 Å². The molecule has 0 bridgehead atoms. The first-order chi connectivity index (χ1) is 6.93. The van der Waals surface area contributed by atoms with Crippen LogP contribution in [0.25, 0.3) is 0 Å². The molecule has 4 nitrogen and oxygen atoms in total. The average molecular weight is 207 g/mol. The summed E-state index contributed by atoms with van der Waals surface area (Å²) in [6.07, 6.45) is 0. The molecule has 0 fully saturated rings. The fourth-order valence-corrected chi connectivity index (χ4v) is 1.22. The topological polar surface area (TPSA) is 69.4 Å². The number of esters is 1. The van der Waals surface area contributed by atoms with Crippen LogP contribution < -0.4 is 5.73 Å². The van der Waals surface area contributed by atoms with Crippen LogP contribution in [-0.2, 0) is 9.53 Å². The maximum absolute atomic E-state index is 11.8. The van der Waals surface area contributed by atoms with E-state index in [4.69, 9.17) is 10.5 Å². The Balaban J connectivity index is 2.89. The van der Waals surface area contributed by atoms with Crippen molar-refractivity contribution in [3.8, 4) is 0 Å². The van der Waals surface area contributed by atoms with Crippen LogP contribution in [0.3, 0.4) is 0 Å². The van der Waals surface area contributed by atoms with E-state index in [9.17, 15) is 9.59 Å². The predicted molar refractivity (Wildman–Crippen MR) is 55.1 cm³/mol. The van der Waals surface area contributed by atoms with Crippen molar-refractivity contribution in [1.82, 2.24) is 0 Å². The van der Waals surface area contributed by atoms with E-state index in [2.05, 4.69) is 0 Å². The number of carbonyl (C=O) groups is 2. The molecule has 1 rings (SSSR count). The summed E-state index contributed by atoms with van der Waals surface area (Å²) in [6, 6.07) is 8.47. The second-order valence-electron chi connectivity index (χ2n) is 3.40. The molecule has 0 aliphatic heterocycles. The lowest BCUT2D eigenvalue weighted by atomic mass is 10.0. The smallest absolute Gasteiger partial charge is 0.304 e. The van der Waals surface area contributed by atoms with Crippen LogP contribution in [-0.4, -0.2) is 17.5 Å². The minimum Gasteiger partial charge on any atom is -0.437 e. The molecule has 1 atom stereocenters. The van der Waals surface area contributed by atoms with Gasteiger partial charge in [0.1, 0.15) is 0 Å². The summed E-state index contributed by atoms with van der Waals surface area (Å²) in [5, 5.41) is 0. The number of nitrogens with two attached hydrogens (primary N) is 1. The molecule has 15 heavy (non-hydrogen) atoms. The highest BCUT2D eigenvalue weighted by Gasteiger charge is 2.32. The zero-order chi connectivity index (χ0) is 11.5. The van der Waals surface area contributed by atoms with Crippen molar-refractivity contribution >= 4 is 11.8 Å². The molecular formula is C11H13NO3. The Morgan fingerprint density at radius 1 is 1.27 bits per heavy atom. The zero-order valence-electron chi connectivity index (χ0n) is 8.69. The van der Waals surface area contributed by atoms with Crippen molar-refractivity contribution in [2.75, 3.05) is 0 Å². The van der Waals surface area contributed by atoms with Gasteiger partial charge in [0.25, 0.3) is 0 Å². The van der Waals surface area contributed by atoms with Crippen LogP contribution in [0.4, 0.5) is 0 Å². The number of Topliss-reactive ketones (excluding diaryl/α,β-unsaturated/α-hetero) is 1. The van der Waals surface area contributed by atoms with Gasteiger partial charge in [-0.15, -0.1) is 0 Å². The molecule has 1 unspecified atom stereocenters. The monoisotopic (exact) mass is 207 g/mol. The first-order valence-corrected chi connectivity index (χ1v) is 4.52. The first kappa shape index (κ1) is 11.4. The molecule has 0 heterocycles. The first-order valence-electron chi connectivity index (χ1n) is 4.52. The summed E-state index contributed by atoms with van der Waals surface area (Å²) in [7, 11) is 0. The Bertz CT molecular complexity index is 371. The molecule has 0 aromatic heterocycles. The third-order valence-corrected chi connectivity index (χ3v) is 1.84. The van der Waals surface area contributed by atoms with Gasteiger partial charge < -0.3 is 4.74 Å². The number of benzene rings is 1. The van der Waals surface area contributed by atoms with Gasteiger partial charge in [0, 0.05) is 12.5 Å². The molecule has 1 aromatic rings. The van der Waals surface area contributed by atoms with Gasteiger partial charge in [-0.2, -0.15) is 0 Å². The lowest BCUT2D eigenvalue weighted by Gasteiger charge is -2.22. The summed E-state index contributed by atoms with van der Waals surface area (Å²) >= 11 is 0. The van der Waals surface area contributed by atoms with Gasteiger partial charge >= 0.3 is 5.97 Å². The molecule has 80 valence electrons. The third-order valence-electron chi connectivity index (χ3n) is 1.84. The van der Waals surface area contributed by atoms with Gasteiger partial charge in [-0.05, 0) is 6.92 Å². The molecule has 0 aliphatic rings. The normalized spacial score (nSPS) is 14.1. The van der Waals surface area contributed by atoms with E-state index < -0.39 is 17.5 Å². The van der Waals surface area contributed by atoms with Gasteiger partial charge in [-0.25, -0.2) is 0 Å². The van der Waals surface area contributed by atoms with E-state index >= 15 is 0 Å². The largest absolute Gasteiger partial charge is 0.437 e. The third kappa shape index (κ3) is 2.89. The molecular weight excluding hydrogens is 194 g/mol. The van der Waals surface area contributed by atoms with Crippen molar-refractivity contribution in [2.24, 2.45) is 5.73 Å². The van der Waals surface area contributed by atoms with E-state index in [0.717, 1.165) is 0 Å². The highest BCUT2D eigenvalue weighted by Crippen LogP contribution is 2.12. The second kappa shape index (κ2) is 4.23. The molecule has 0 saturated heterocycles. The lowest BCUT2D eigenvalue weighted by molar-refractivity contribution is -0.150. The van der Waals surface area contributed by atoms with E-state index in [1.807, 2.05) is 0 Å². The van der Waals surface area contributed by atoms with Gasteiger partial charge in [0.05, 0.1) is 0 Å². The van der Waals surface area contributed by atoms with Crippen molar-refractivity contribution in [1.29, 1.82) is 0 Å². The minimum atomic E-state index is -1.60. The summed E-state index contributed by atoms with van der Waals surface area (Å²) in [4.78, 5) is 22.5. The van der Waals surface area contributed by atoms with Crippen molar-refractivity contribution in [3.63, 3.8) is 0 Å². The molecule has 0 spiro atoms. The fraction of sp³-hybridized carbons (Fsp3) is 0.273. The summed E-state index contributed by atoms with van der Waals surface area (Å²) in [5.74, 6) is -0.998.